The molecule has 0 fully saturated rings. The van der Waals surface area contributed by atoms with Crippen LogP contribution in [0, 0.1) is 6.92 Å². The number of carbonyl (C=O) groups is 1. The highest BCUT2D eigenvalue weighted by Crippen LogP contribution is 2.17. The van der Waals surface area contributed by atoms with Gasteiger partial charge in [-0.1, -0.05) is 12.1 Å². The highest BCUT2D eigenvalue weighted by atomic mass is 16.2. The lowest BCUT2D eigenvalue weighted by atomic mass is 10.1. The third-order valence-electron chi connectivity index (χ3n) is 3.15. The molecule has 0 bridgehead atoms. The van der Waals surface area contributed by atoms with E-state index in [1.165, 1.54) is 10.6 Å². The van der Waals surface area contributed by atoms with Crippen LogP contribution in [-0.2, 0) is 13.6 Å². The van der Waals surface area contributed by atoms with Crippen LogP contribution in [0.2, 0.25) is 0 Å². The molecule has 1 amide bonds. The van der Waals surface area contributed by atoms with Crippen LogP contribution in [0.3, 0.4) is 0 Å². The predicted octanol–water partition coefficient (Wildman–Crippen LogP) is 1.40. The highest BCUT2D eigenvalue weighted by molar-refractivity contribution is 6.04. The average molecular weight is 271 g/mol. The van der Waals surface area contributed by atoms with Crippen LogP contribution in [0.5, 0.6) is 0 Å². The zero-order valence-electron chi connectivity index (χ0n) is 11.5. The Morgan fingerprint density at radius 3 is 2.70 bits per heavy atom. The molecule has 2 rings (SSSR count). The predicted molar refractivity (Wildman–Crippen MR) is 78.7 cm³/mol. The zero-order valence-corrected chi connectivity index (χ0v) is 11.5. The van der Waals surface area contributed by atoms with Crippen molar-refractivity contribution in [1.29, 1.82) is 0 Å². The number of aryl methyl sites for hydroxylation is 2. The van der Waals surface area contributed by atoms with Crippen molar-refractivity contribution >= 4 is 11.6 Å². The normalized spacial score (nSPS) is 10.3. The Hall–Kier alpha value is -2.40. The summed E-state index contributed by atoms with van der Waals surface area (Å²) in [5.74, 6) is -0.306. The van der Waals surface area contributed by atoms with Crippen molar-refractivity contribution in [2.45, 2.75) is 13.5 Å². The fraction of sp³-hybridized carbons (Fsp3) is 0.200. The van der Waals surface area contributed by atoms with Gasteiger partial charge in [0.05, 0.1) is 0 Å². The van der Waals surface area contributed by atoms with E-state index in [0.29, 0.717) is 17.8 Å². The van der Waals surface area contributed by atoms with Crippen molar-refractivity contribution in [2.24, 2.45) is 12.8 Å². The Bertz CT molecular complexity index is 705. The Kier molecular flexibility index (Phi) is 4.00. The van der Waals surface area contributed by atoms with Crippen molar-refractivity contribution in [1.82, 2.24) is 4.57 Å². The first kappa shape index (κ1) is 14.0. The molecule has 1 aromatic heterocycles. The summed E-state index contributed by atoms with van der Waals surface area (Å²) in [5.41, 5.74) is 8.30. The fourth-order valence-electron chi connectivity index (χ4n) is 1.82. The summed E-state index contributed by atoms with van der Waals surface area (Å²) in [6.07, 6.45) is 1.57. The number of rotatable bonds is 3. The summed E-state index contributed by atoms with van der Waals surface area (Å²) in [6.45, 7) is 2.31. The SMILES string of the molecule is Cc1ccc(CN)cc1NC(=O)c1ccn(C)c(=O)c1. The molecular formula is C15H17N3O2. The topological polar surface area (TPSA) is 77.1 Å². The van der Waals surface area contributed by atoms with Crippen LogP contribution in [-0.4, -0.2) is 10.5 Å². The molecule has 0 aliphatic heterocycles. The Balaban J connectivity index is 2.27. The number of aromatic nitrogens is 1. The fourth-order valence-corrected chi connectivity index (χ4v) is 1.82. The molecule has 0 unspecified atom stereocenters. The first-order valence-corrected chi connectivity index (χ1v) is 6.29. The van der Waals surface area contributed by atoms with Gasteiger partial charge in [0.15, 0.2) is 0 Å². The zero-order chi connectivity index (χ0) is 14.7. The van der Waals surface area contributed by atoms with Gasteiger partial charge < -0.3 is 15.6 Å². The molecule has 0 spiro atoms. The molecule has 2 aromatic rings. The molecule has 0 atom stereocenters. The van der Waals surface area contributed by atoms with E-state index in [-0.39, 0.29) is 11.5 Å². The summed E-state index contributed by atoms with van der Waals surface area (Å²) < 4.78 is 1.41. The van der Waals surface area contributed by atoms with E-state index in [1.807, 2.05) is 25.1 Å². The van der Waals surface area contributed by atoms with Gasteiger partial charge in [0.2, 0.25) is 0 Å². The molecule has 5 nitrogen and oxygen atoms in total. The molecule has 0 radical (unpaired) electrons. The Morgan fingerprint density at radius 1 is 1.30 bits per heavy atom. The summed E-state index contributed by atoms with van der Waals surface area (Å²) in [6, 6.07) is 8.59. The van der Waals surface area contributed by atoms with Gasteiger partial charge in [-0.3, -0.25) is 9.59 Å². The molecule has 0 saturated heterocycles. The molecule has 1 heterocycles. The Labute approximate surface area is 117 Å². The minimum atomic E-state index is -0.306. The number of hydrogen-bond acceptors (Lipinski definition) is 3. The van der Waals surface area contributed by atoms with Gasteiger partial charge in [-0.05, 0) is 30.2 Å². The molecule has 0 saturated carbocycles. The van der Waals surface area contributed by atoms with Crippen molar-refractivity contribution in [3.63, 3.8) is 0 Å². The largest absolute Gasteiger partial charge is 0.326 e. The minimum Gasteiger partial charge on any atom is -0.326 e. The van der Waals surface area contributed by atoms with Crippen molar-refractivity contribution in [2.75, 3.05) is 5.32 Å². The Morgan fingerprint density at radius 2 is 2.05 bits per heavy atom. The van der Waals surface area contributed by atoms with Crippen molar-refractivity contribution in [3.05, 3.63) is 63.6 Å². The maximum atomic E-state index is 12.1. The number of benzene rings is 1. The van der Waals surface area contributed by atoms with Crippen molar-refractivity contribution < 1.29 is 4.79 Å². The minimum absolute atomic E-state index is 0.218. The van der Waals surface area contributed by atoms with Gasteiger partial charge in [0, 0.05) is 37.1 Å². The lowest BCUT2D eigenvalue weighted by Gasteiger charge is -2.10. The van der Waals surface area contributed by atoms with Gasteiger partial charge in [-0.15, -0.1) is 0 Å². The number of amides is 1. The highest BCUT2D eigenvalue weighted by Gasteiger charge is 2.09. The van der Waals surface area contributed by atoms with Gasteiger partial charge in [0.25, 0.3) is 11.5 Å². The number of nitrogens with one attached hydrogen (secondary N) is 1. The average Bonchev–Trinajstić information content (AvgIpc) is 2.44. The summed E-state index contributed by atoms with van der Waals surface area (Å²) >= 11 is 0. The molecule has 5 heteroatoms. The maximum absolute atomic E-state index is 12.1. The number of hydrogen-bond donors (Lipinski definition) is 2. The van der Waals surface area contributed by atoms with Crippen LogP contribution in [0.1, 0.15) is 21.5 Å². The first-order valence-electron chi connectivity index (χ1n) is 6.29. The van der Waals surface area contributed by atoms with Gasteiger partial charge in [-0.2, -0.15) is 0 Å². The van der Waals surface area contributed by atoms with E-state index in [0.717, 1.165) is 11.1 Å². The maximum Gasteiger partial charge on any atom is 0.255 e. The third-order valence-corrected chi connectivity index (χ3v) is 3.15. The molecule has 104 valence electrons. The van der Waals surface area contributed by atoms with E-state index >= 15 is 0 Å². The lowest BCUT2D eigenvalue weighted by Crippen LogP contribution is -2.20. The first-order chi connectivity index (χ1) is 9.51. The third kappa shape index (κ3) is 2.95. The number of pyridine rings is 1. The van der Waals surface area contributed by atoms with Crippen molar-refractivity contribution in [3.8, 4) is 0 Å². The van der Waals surface area contributed by atoms with Crippen LogP contribution < -0.4 is 16.6 Å². The lowest BCUT2D eigenvalue weighted by molar-refractivity contribution is 0.102. The second-order valence-corrected chi connectivity index (χ2v) is 4.67. The monoisotopic (exact) mass is 271 g/mol. The van der Waals surface area contributed by atoms with Gasteiger partial charge in [0.1, 0.15) is 0 Å². The van der Waals surface area contributed by atoms with E-state index in [9.17, 15) is 9.59 Å². The number of nitrogens with zero attached hydrogens (tertiary/aromatic N) is 1. The standard InChI is InChI=1S/C15H17N3O2/c1-10-3-4-11(9-16)7-13(10)17-15(20)12-5-6-18(2)14(19)8-12/h3-8H,9,16H2,1-2H3,(H,17,20). The van der Waals surface area contributed by atoms with E-state index < -0.39 is 0 Å². The molecular weight excluding hydrogens is 254 g/mol. The molecule has 3 N–H and O–H groups in total. The molecule has 1 aromatic carbocycles. The van der Waals surface area contributed by atoms with E-state index in [2.05, 4.69) is 5.32 Å². The van der Waals surface area contributed by atoms with Crippen LogP contribution >= 0.6 is 0 Å². The van der Waals surface area contributed by atoms with Crippen LogP contribution in [0.15, 0.2) is 41.3 Å². The summed E-state index contributed by atoms with van der Waals surface area (Å²) in [5, 5.41) is 2.81. The molecule has 0 aliphatic rings. The molecule has 20 heavy (non-hydrogen) atoms. The summed E-state index contributed by atoms with van der Waals surface area (Å²) in [4.78, 5) is 23.7. The van der Waals surface area contributed by atoms with E-state index in [4.69, 9.17) is 5.73 Å². The molecule has 0 aliphatic carbocycles. The number of anilines is 1. The van der Waals surface area contributed by atoms with Crippen LogP contribution in [0.25, 0.3) is 0 Å². The number of carbonyl (C=O) groups excluding carboxylic acids is 1. The quantitative estimate of drug-likeness (QED) is 0.886. The van der Waals surface area contributed by atoms with Crippen LogP contribution in [0.4, 0.5) is 5.69 Å². The summed E-state index contributed by atoms with van der Waals surface area (Å²) in [7, 11) is 1.64. The van der Waals surface area contributed by atoms with Gasteiger partial charge in [-0.25, -0.2) is 0 Å². The second kappa shape index (κ2) is 5.71. The number of nitrogens with two attached hydrogens (primary N) is 1. The van der Waals surface area contributed by atoms with Gasteiger partial charge >= 0.3 is 0 Å². The smallest absolute Gasteiger partial charge is 0.255 e. The van der Waals surface area contributed by atoms with E-state index in [1.54, 1.807) is 19.3 Å². The second-order valence-electron chi connectivity index (χ2n) is 4.67.